The van der Waals surface area contributed by atoms with Crippen molar-refractivity contribution in [2.75, 3.05) is 11.9 Å². The molecular formula is C17H24N4O3S2. The Morgan fingerprint density at radius 2 is 1.92 bits per heavy atom. The molecular weight excluding hydrogens is 372 g/mol. The second kappa shape index (κ2) is 9.20. The molecule has 0 fully saturated rings. The van der Waals surface area contributed by atoms with Crippen LogP contribution in [0.15, 0.2) is 29.2 Å². The molecule has 7 nitrogen and oxygen atoms in total. The highest BCUT2D eigenvalue weighted by molar-refractivity contribution is 7.89. The lowest BCUT2D eigenvalue weighted by Crippen LogP contribution is -2.27. The van der Waals surface area contributed by atoms with E-state index in [0.717, 1.165) is 23.4 Å². The van der Waals surface area contributed by atoms with E-state index in [9.17, 15) is 13.2 Å². The van der Waals surface area contributed by atoms with Crippen LogP contribution >= 0.6 is 11.3 Å². The Morgan fingerprint density at radius 3 is 2.58 bits per heavy atom. The lowest BCUT2D eigenvalue weighted by atomic mass is 10.1. The predicted octanol–water partition coefficient (Wildman–Crippen LogP) is 3.06. The van der Waals surface area contributed by atoms with Crippen molar-refractivity contribution in [3.8, 4) is 0 Å². The molecule has 1 heterocycles. The minimum Gasteiger partial charge on any atom is -0.300 e. The monoisotopic (exact) mass is 396 g/mol. The average molecular weight is 397 g/mol. The summed E-state index contributed by atoms with van der Waals surface area (Å²) in [5.41, 5.74) is 0.980. The standard InChI is InChI=1S/C17H24N4O3S2/c1-4-5-13(3)16-20-21-17(25-16)19-15(22)10-11-18-26(23,24)14-8-6-12(2)7-9-14/h6-9,13,18H,4-5,10-11H2,1-3H3,(H,19,21,22). The second-order valence-corrected chi connectivity index (χ2v) is 8.92. The van der Waals surface area contributed by atoms with E-state index >= 15 is 0 Å². The van der Waals surface area contributed by atoms with Gasteiger partial charge in [-0.25, -0.2) is 13.1 Å². The van der Waals surface area contributed by atoms with Gasteiger partial charge in [0, 0.05) is 18.9 Å². The van der Waals surface area contributed by atoms with Crippen LogP contribution in [-0.4, -0.2) is 31.1 Å². The van der Waals surface area contributed by atoms with Gasteiger partial charge in [-0.3, -0.25) is 4.79 Å². The normalized spacial score (nSPS) is 12.7. The lowest BCUT2D eigenvalue weighted by molar-refractivity contribution is -0.116. The Kier molecular flexibility index (Phi) is 7.24. The van der Waals surface area contributed by atoms with Gasteiger partial charge in [-0.2, -0.15) is 0 Å². The molecule has 0 saturated heterocycles. The minimum atomic E-state index is -3.61. The van der Waals surface area contributed by atoms with Gasteiger partial charge in [0.25, 0.3) is 0 Å². The van der Waals surface area contributed by atoms with E-state index in [2.05, 4.69) is 34.1 Å². The summed E-state index contributed by atoms with van der Waals surface area (Å²) in [5.74, 6) is 0.00641. The van der Waals surface area contributed by atoms with Crippen molar-refractivity contribution >= 4 is 32.4 Å². The van der Waals surface area contributed by atoms with Crippen molar-refractivity contribution in [3.05, 3.63) is 34.8 Å². The summed E-state index contributed by atoms with van der Waals surface area (Å²) in [6.07, 6.45) is 2.09. The van der Waals surface area contributed by atoms with Crippen LogP contribution in [0.4, 0.5) is 5.13 Å². The summed E-state index contributed by atoms with van der Waals surface area (Å²) in [7, 11) is -3.61. The van der Waals surface area contributed by atoms with Crippen molar-refractivity contribution in [1.29, 1.82) is 0 Å². The summed E-state index contributed by atoms with van der Waals surface area (Å²) in [6.45, 7) is 6.09. The Bertz CT molecular complexity index is 832. The molecule has 1 amide bonds. The second-order valence-electron chi connectivity index (χ2n) is 6.14. The van der Waals surface area contributed by atoms with Gasteiger partial charge in [0.1, 0.15) is 5.01 Å². The number of carbonyl (C=O) groups excluding carboxylic acids is 1. The number of aromatic nitrogens is 2. The van der Waals surface area contributed by atoms with Gasteiger partial charge < -0.3 is 5.32 Å². The first-order valence-electron chi connectivity index (χ1n) is 8.51. The zero-order valence-corrected chi connectivity index (χ0v) is 16.8. The molecule has 2 N–H and O–H groups in total. The minimum absolute atomic E-state index is 0.0138. The predicted molar refractivity (Wildman–Crippen MR) is 103 cm³/mol. The molecule has 0 spiro atoms. The molecule has 2 rings (SSSR count). The maximum Gasteiger partial charge on any atom is 0.240 e. The number of carbonyl (C=O) groups is 1. The number of sulfonamides is 1. The fraction of sp³-hybridized carbons (Fsp3) is 0.471. The van der Waals surface area contributed by atoms with E-state index in [-0.39, 0.29) is 23.8 Å². The molecule has 1 unspecified atom stereocenters. The third-order valence-electron chi connectivity index (χ3n) is 3.81. The third kappa shape index (κ3) is 5.86. The van der Waals surface area contributed by atoms with Crippen LogP contribution in [0, 0.1) is 6.92 Å². The van der Waals surface area contributed by atoms with Crippen LogP contribution in [0.25, 0.3) is 0 Å². The highest BCUT2D eigenvalue weighted by Gasteiger charge is 2.15. The average Bonchev–Trinajstić information content (AvgIpc) is 3.04. The number of nitrogens with zero attached hydrogens (tertiary/aromatic N) is 2. The number of amides is 1. The highest BCUT2D eigenvalue weighted by Crippen LogP contribution is 2.26. The highest BCUT2D eigenvalue weighted by atomic mass is 32.2. The van der Waals surface area contributed by atoms with Crippen molar-refractivity contribution in [2.24, 2.45) is 0 Å². The van der Waals surface area contributed by atoms with Crippen LogP contribution in [0.2, 0.25) is 0 Å². The molecule has 0 aliphatic carbocycles. The molecule has 0 aliphatic rings. The van der Waals surface area contributed by atoms with Gasteiger partial charge >= 0.3 is 0 Å². The van der Waals surface area contributed by atoms with Gasteiger partial charge in [0.2, 0.25) is 21.1 Å². The van der Waals surface area contributed by atoms with E-state index in [1.54, 1.807) is 12.1 Å². The largest absolute Gasteiger partial charge is 0.300 e. The number of aryl methyl sites for hydroxylation is 1. The summed E-state index contributed by atoms with van der Waals surface area (Å²) < 4.78 is 26.8. The molecule has 0 saturated carbocycles. The summed E-state index contributed by atoms with van der Waals surface area (Å²) in [4.78, 5) is 12.2. The molecule has 0 radical (unpaired) electrons. The van der Waals surface area contributed by atoms with Crippen LogP contribution in [0.1, 0.15) is 49.6 Å². The maximum atomic E-state index is 12.2. The third-order valence-corrected chi connectivity index (χ3v) is 6.35. The van der Waals surface area contributed by atoms with Gasteiger partial charge in [-0.1, -0.05) is 49.3 Å². The number of hydrogen-bond acceptors (Lipinski definition) is 6. The molecule has 1 atom stereocenters. The molecule has 2 aromatic rings. The summed E-state index contributed by atoms with van der Waals surface area (Å²) in [5, 5.41) is 12.1. The Hall–Kier alpha value is -1.84. The first kappa shape index (κ1) is 20.5. The van der Waals surface area contributed by atoms with Crippen LogP contribution in [0.5, 0.6) is 0 Å². The molecule has 1 aromatic carbocycles. The Labute approximate surface area is 158 Å². The fourth-order valence-electron chi connectivity index (χ4n) is 2.32. The van der Waals surface area contributed by atoms with Gasteiger partial charge in [-0.05, 0) is 25.5 Å². The Balaban J connectivity index is 1.82. The molecule has 9 heteroatoms. The van der Waals surface area contributed by atoms with E-state index in [4.69, 9.17) is 0 Å². The van der Waals surface area contributed by atoms with Gasteiger partial charge in [-0.15, -0.1) is 10.2 Å². The number of benzene rings is 1. The zero-order valence-electron chi connectivity index (χ0n) is 15.2. The van der Waals surface area contributed by atoms with Crippen molar-refractivity contribution in [3.63, 3.8) is 0 Å². The van der Waals surface area contributed by atoms with E-state index in [1.165, 1.54) is 23.5 Å². The first-order valence-corrected chi connectivity index (χ1v) is 10.8. The maximum absolute atomic E-state index is 12.2. The van der Waals surface area contributed by atoms with Gasteiger partial charge in [0.15, 0.2) is 0 Å². The molecule has 1 aromatic heterocycles. The molecule has 142 valence electrons. The van der Waals surface area contributed by atoms with Crippen molar-refractivity contribution in [1.82, 2.24) is 14.9 Å². The number of anilines is 1. The van der Waals surface area contributed by atoms with Crippen LogP contribution in [-0.2, 0) is 14.8 Å². The number of rotatable bonds is 9. The summed E-state index contributed by atoms with van der Waals surface area (Å²) >= 11 is 1.35. The van der Waals surface area contributed by atoms with Crippen molar-refractivity contribution < 1.29 is 13.2 Å². The zero-order chi connectivity index (χ0) is 19.2. The number of hydrogen-bond donors (Lipinski definition) is 2. The van der Waals surface area contributed by atoms with E-state index in [1.807, 2.05) is 6.92 Å². The van der Waals surface area contributed by atoms with Crippen molar-refractivity contribution in [2.45, 2.75) is 50.8 Å². The topological polar surface area (TPSA) is 101 Å². The first-order chi connectivity index (χ1) is 12.3. The number of nitrogens with one attached hydrogen (secondary N) is 2. The smallest absolute Gasteiger partial charge is 0.240 e. The molecule has 0 aliphatic heterocycles. The summed E-state index contributed by atoms with van der Waals surface area (Å²) in [6, 6.07) is 6.54. The van der Waals surface area contributed by atoms with E-state index < -0.39 is 10.0 Å². The molecule has 0 bridgehead atoms. The van der Waals surface area contributed by atoms with Crippen LogP contribution < -0.4 is 10.0 Å². The lowest BCUT2D eigenvalue weighted by Gasteiger charge is -2.07. The SMILES string of the molecule is CCCC(C)c1nnc(NC(=O)CCNS(=O)(=O)c2ccc(C)cc2)s1. The van der Waals surface area contributed by atoms with Gasteiger partial charge in [0.05, 0.1) is 4.90 Å². The van der Waals surface area contributed by atoms with E-state index in [0.29, 0.717) is 11.0 Å². The quantitative estimate of drug-likeness (QED) is 0.678. The molecule has 26 heavy (non-hydrogen) atoms. The fourth-order valence-corrected chi connectivity index (χ4v) is 4.20. The van der Waals surface area contributed by atoms with Crippen LogP contribution in [0.3, 0.4) is 0 Å². The Morgan fingerprint density at radius 1 is 1.23 bits per heavy atom.